The number of fused-ring (bicyclic) bond motifs is 3. The van der Waals surface area contributed by atoms with Gasteiger partial charge in [-0.2, -0.15) is 0 Å². The van der Waals surface area contributed by atoms with Gasteiger partial charge in [0.1, 0.15) is 18.8 Å². The maximum absolute atomic E-state index is 13.1. The molecule has 8 heteroatoms. The van der Waals surface area contributed by atoms with Crippen molar-refractivity contribution in [3.63, 3.8) is 0 Å². The number of hydrogen-bond donors (Lipinski definition) is 2. The first-order valence-corrected chi connectivity index (χ1v) is 9.73. The topological polar surface area (TPSA) is 75.1 Å². The number of halogens is 2. The van der Waals surface area contributed by atoms with E-state index in [4.69, 9.17) is 9.47 Å². The molecule has 2 fully saturated rings. The number of carbonyl (C=O) groups is 1. The van der Waals surface area contributed by atoms with Crippen LogP contribution >= 0.6 is 31.9 Å². The maximum atomic E-state index is 13.1. The zero-order valence-electron chi connectivity index (χ0n) is 13.0. The van der Waals surface area contributed by atoms with E-state index in [0.717, 1.165) is 23.3 Å². The Morgan fingerprint density at radius 2 is 2.08 bits per heavy atom. The third kappa shape index (κ3) is 2.30. The molecule has 2 saturated heterocycles. The van der Waals surface area contributed by atoms with Gasteiger partial charge in [0.15, 0.2) is 0 Å². The lowest BCUT2D eigenvalue weighted by Crippen LogP contribution is -3.24. The van der Waals surface area contributed by atoms with Gasteiger partial charge >= 0.3 is 11.6 Å². The second-order valence-electron chi connectivity index (χ2n) is 6.42. The number of amides is 1. The smallest absolute Gasteiger partial charge is 0.328 e. The van der Waals surface area contributed by atoms with E-state index in [1.807, 2.05) is 0 Å². The standard InChI is InChI=1S/C16H18Br2N2O4/c17-10-8-11-12(13(18)14(10)21)9-2-1-3-19-15(22)16(9,24-11)20-4-6-23-7-5-20/h8-9,21H,1-7H2,(H,19,22). The number of carbonyl (C=O) groups excluding carboxylic acids is 1. The van der Waals surface area contributed by atoms with Crippen LogP contribution in [0.15, 0.2) is 15.0 Å². The fourth-order valence-corrected chi connectivity index (χ4v) is 5.47. The van der Waals surface area contributed by atoms with Crippen molar-refractivity contribution in [2.75, 3.05) is 32.8 Å². The first-order valence-electron chi connectivity index (χ1n) is 8.15. The zero-order valence-corrected chi connectivity index (χ0v) is 16.2. The first kappa shape index (κ1) is 16.6. The van der Waals surface area contributed by atoms with Crippen LogP contribution in [-0.2, 0) is 9.53 Å². The molecule has 3 heterocycles. The Hall–Kier alpha value is -0.830. The molecular weight excluding hydrogens is 444 g/mol. The van der Waals surface area contributed by atoms with Crippen LogP contribution in [0, 0.1) is 0 Å². The number of nitrogens with one attached hydrogen (secondary N) is 2. The normalized spacial score (nSPS) is 30.1. The average Bonchev–Trinajstić information content (AvgIpc) is 2.83. The van der Waals surface area contributed by atoms with Gasteiger partial charge in [-0.3, -0.25) is 9.69 Å². The van der Waals surface area contributed by atoms with Crippen LogP contribution in [0.5, 0.6) is 11.5 Å². The summed E-state index contributed by atoms with van der Waals surface area (Å²) in [4.78, 5) is 14.1. The number of quaternary nitrogens is 1. The summed E-state index contributed by atoms with van der Waals surface area (Å²) in [6.45, 7) is 3.27. The van der Waals surface area contributed by atoms with Gasteiger partial charge in [-0.05, 0) is 18.9 Å². The second kappa shape index (κ2) is 6.16. The Labute approximate surface area is 156 Å². The Morgan fingerprint density at radius 1 is 1.33 bits per heavy atom. The fraction of sp³-hybridized carbons (Fsp3) is 0.562. The minimum absolute atomic E-state index is 0.0893. The van der Waals surface area contributed by atoms with Gasteiger partial charge in [0.25, 0.3) is 0 Å². The quantitative estimate of drug-likeness (QED) is 0.630. The summed E-state index contributed by atoms with van der Waals surface area (Å²) in [6, 6.07) is 1.70. The van der Waals surface area contributed by atoms with Gasteiger partial charge < -0.3 is 19.9 Å². The van der Waals surface area contributed by atoms with Crippen LogP contribution in [0.3, 0.4) is 0 Å². The summed E-state index contributed by atoms with van der Waals surface area (Å²) >= 11 is 6.74. The lowest BCUT2D eigenvalue weighted by Gasteiger charge is -2.39. The van der Waals surface area contributed by atoms with Crippen LogP contribution in [0.2, 0.25) is 0 Å². The molecule has 0 radical (unpaired) electrons. The highest BCUT2D eigenvalue weighted by atomic mass is 79.9. The summed E-state index contributed by atoms with van der Waals surface area (Å²) in [5, 5.41) is 15.4. The van der Waals surface area contributed by atoms with E-state index in [0.29, 0.717) is 47.5 Å². The van der Waals surface area contributed by atoms with E-state index in [9.17, 15) is 9.90 Å². The Kier molecular flexibility index (Phi) is 4.27. The van der Waals surface area contributed by atoms with E-state index in [2.05, 4.69) is 37.2 Å². The number of rotatable bonds is 1. The summed E-state index contributed by atoms with van der Waals surface area (Å²) in [5.74, 6) is 0.288. The Morgan fingerprint density at radius 3 is 2.83 bits per heavy atom. The molecule has 1 amide bonds. The summed E-state index contributed by atoms with van der Waals surface area (Å²) in [5.41, 5.74) is -0.183. The number of ether oxygens (including phenoxy) is 2. The van der Waals surface area contributed by atoms with Crippen molar-refractivity contribution in [1.29, 1.82) is 0 Å². The predicted molar refractivity (Wildman–Crippen MR) is 91.1 cm³/mol. The third-order valence-corrected chi connectivity index (χ3v) is 6.58. The SMILES string of the molecule is O=C1NCCCC2c3c(cc(Br)c([O-])c3Br)OC12[NH+]1CCOCC1. The van der Waals surface area contributed by atoms with Gasteiger partial charge in [0, 0.05) is 21.1 Å². The third-order valence-electron chi connectivity index (χ3n) is 5.20. The summed E-state index contributed by atoms with van der Waals surface area (Å²) in [6.07, 6.45) is 1.66. The van der Waals surface area contributed by atoms with Crippen molar-refractivity contribution in [2.24, 2.45) is 0 Å². The van der Waals surface area contributed by atoms with Crippen molar-refractivity contribution in [1.82, 2.24) is 5.32 Å². The summed E-state index contributed by atoms with van der Waals surface area (Å²) in [7, 11) is 0. The van der Waals surface area contributed by atoms with Crippen LogP contribution in [0.4, 0.5) is 0 Å². The van der Waals surface area contributed by atoms with Crippen molar-refractivity contribution in [3.8, 4) is 11.5 Å². The predicted octanol–water partition coefficient (Wildman–Crippen LogP) is 0.283. The highest BCUT2D eigenvalue weighted by Crippen LogP contribution is 2.52. The van der Waals surface area contributed by atoms with Gasteiger partial charge in [0.2, 0.25) is 0 Å². The van der Waals surface area contributed by atoms with Gasteiger partial charge in [-0.1, -0.05) is 37.6 Å². The number of hydrogen-bond acceptors (Lipinski definition) is 4. The molecule has 4 rings (SSSR count). The molecule has 1 aromatic carbocycles. The molecular formula is C16H18Br2N2O4. The molecule has 0 saturated carbocycles. The Balaban J connectivity index is 1.88. The van der Waals surface area contributed by atoms with Crippen LogP contribution in [0.25, 0.3) is 0 Å². The molecule has 0 aliphatic carbocycles. The fourth-order valence-electron chi connectivity index (χ4n) is 4.11. The second-order valence-corrected chi connectivity index (χ2v) is 8.06. The van der Waals surface area contributed by atoms with Gasteiger partial charge in [-0.25, -0.2) is 0 Å². The molecule has 0 bridgehead atoms. The zero-order chi connectivity index (χ0) is 16.9. The van der Waals surface area contributed by atoms with Crippen LogP contribution in [0.1, 0.15) is 24.3 Å². The van der Waals surface area contributed by atoms with Gasteiger partial charge in [-0.15, -0.1) is 0 Å². The van der Waals surface area contributed by atoms with E-state index in [-0.39, 0.29) is 17.6 Å². The van der Waals surface area contributed by atoms with Crippen molar-refractivity contribution in [3.05, 3.63) is 20.6 Å². The van der Waals surface area contributed by atoms with E-state index in [1.165, 1.54) is 0 Å². The van der Waals surface area contributed by atoms with E-state index in [1.54, 1.807) is 6.07 Å². The van der Waals surface area contributed by atoms with Crippen molar-refractivity contribution in [2.45, 2.75) is 24.5 Å². The number of benzene rings is 1. The molecule has 3 aliphatic rings. The molecule has 130 valence electrons. The molecule has 1 aromatic rings. The van der Waals surface area contributed by atoms with Crippen LogP contribution < -0.4 is 20.1 Å². The summed E-state index contributed by atoms with van der Waals surface area (Å²) < 4.78 is 12.8. The molecule has 0 aromatic heterocycles. The molecule has 2 unspecified atom stereocenters. The largest absolute Gasteiger partial charge is 0.871 e. The van der Waals surface area contributed by atoms with E-state index < -0.39 is 5.72 Å². The highest BCUT2D eigenvalue weighted by Gasteiger charge is 2.63. The molecule has 3 aliphatic heterocycles. The van der Waals surface area contributed by atoms with Crippen molar-refractivity contribution < 1.29 is 24.3 Å². The lowest BCUT2D eigenvalue weighted by atomic mass is 9.85. The Bertz CT molecular complexity index is 693. The minimum atomic E-state index is -1.02. The molecule has 0 spiro atoms. The minimum Gasteiger partial charge on any atom is -0.871 e. The van der Waals surface area contributed by atoms with Crippen molar-refractivity contribution >= 4 is 37.8 Å². The maximum Gasteiger partial charge on any atom is 0.328 e. The molecule has 2 atom stereocenters. The number of morpholine rings is 1. The first-order chi connectivity index (χ1) is 11.6. The van der Waals surface area contributed by atoms with Crippen LogP contribution in [-0.4, -0.2) is 44.5 Å². The van der Waals surface area contributed by atoms with E-state index >= 15 is 0 Å². The lowest BCUT2D eigenvalue weighted by molar-refractivity contribution is -0.969. The molecule has 2 N–H and O–H groups in total. The highest BCUT2D eigenvalue weighted by molar-refractivity contribution is 9.11. The average molecular weight is 462 g/mol. The van der Waals surface area contributed by atoms with Gasteiger partial charge in [0.05, 0.1) is 19.1 Å². The monoisotopic (exact) mass is 460 g/mol. The molecule has 24 heavy (non-hydrogen) atoms. The molecule has 6 nitrogen and oxygen atoms in total.